The van der Waals surface area contributed by atoms with Crippen LogP contribution in [0.25, 0.3) is 0 Å². The number of hydrogen-bond donors (Lipinski definition) is 0. The van der Waals surface area contributed by atoms with Gasteiger partial charge in [-0.15, -0.1) is 0 Å². The summed E-state index contributed by atoms with van der Waals surface area (Å²) in [4.78, 5) is 15.3. The van der Waals surface area contributed by atoms with Gasteiger partial charge in [0, 0.05) is 24.8 Å². The summed E-state index contributed by atoms with van der Waals surface area (Å²) in [6.07, 6.45) is 8.55. The summed E-state index contributed by atoms with van der Waals surface area (Å²) in [6, 6.07) is 8.88. The van der Waals surface area contributed by atoms with Gasteiger partial charge in [-0.1, -0.05) is 25.5 Å². The summed E-state index contributed by atoms with van der Waals surface area (Å²) in [5.74, 6) is 1.10. The van der Waals surface area contributed by atoms with E-state index in [-0.39, 0.29) is 5.91 Å². The van der Waals surface area contributed by atoms with Gasteiger partial charge in [-0.25, -0.2) is 0 Å². The summed E-state index contributed by atoms with van der Waals surface area (Å²) in [6.45, 7) is 2.85. The largest absolute Gasteiger partial charge is 0.380 e. The van der Waals surface area contributed by atoms with Crippen molar-refractivity contribution in [3.63, 3.8) is 0 Å². The van der Waals surface area contributed by atoms with Gasteiger partial charge in [0.05, 0.1) is 6.61 Å². The molecule has 0 unspecified atom stereocenters. The van der Waals surface area contributed by atoms with Crippen LogP contribution in [-0.2, 0) is 11.3 Å². The molecule has 2 saturated carbocycles. The Kier molecular flexibility index (Phi) is 5.37. The first-order valence-electron chi connectivity index (χ1n) is 9.13. The maximum absolute atomic E-state index is 13.1. The Bertz CT molecular complexity index is 530. The van der Waals surface area contributed by atoms with Crippen molar-refractivity contribution in [2.75, 3.05) is 7.11 Å². The molecule has 0 aliphatic heterocycles. The van der Waals surface area contributed by atoms with Crippen molar-refractivity contribution in [2.24, 2.45) is 5.92 Å². The van der Waals surface area contributed by atoms with Crippen LogP contribution >= 0.6 is 0 Å². The molecule has 3 nitrogen and oxygen atoms in total. The summed E-state index contributed by atoms with van der Waals surface area (Å²) in [7, 11) is 1.69. The van der Waals surface area contributed by atoms with Gasteiger partial charge in [-0.05, 0) is 62.1 Å². The van der Waals surface area contributed by atoms with E-state index in [0.717, 1.165) is 17.0 Å². The fourth-order valence-corrected chi connectivity index (χ4v) is 3.92. The monoisotopic (exact) mass is 315 g/mol. The molecule has 1 aromatic carbocycles. The van der Waals surface area contributed by atoms with Gasteiger partial charge in [-0.2, -0.15) is 0 Å². The Labute approximate surface area is 140 Å². The molecule has 0 radical (unpaired) electrons. The van der Waals surface area contributed by atoms with Crippen molar-refractivity contribution < 1.29 is 9.53 Å². The SMILES string of the molecule is CCC1CCC(N(C(=O)c2cccc(COC)c2)C2CC2)CC1. The topological polar surface area (TPSA) is 29.5 Å². The molecular formula is C20H29NO2. The zero-order valence-electron chi connectivity index (χ0n) is 14.5. The van der Waals surface area contributed by atoms with Crippen LogP contribution < -0.4 is 0 Å². The average molecular weight is 315 g/mol. The zero-order chi connectivity index (χ0) is 16.2. The smallest absolute Gasteiger partial charge is 0.254 e. The highest BCUT2D eigenvalue weighted by Crippen LogP contribution is 2.37. The molecule has 0 N–H and O–H groups in total. The zero-order valence-corrected chi connectivity index (χ0v) is 14.5. The normalized spacial score (nSPS) is 24.4. The van der Waals surface area contributed by atoms with E-state index < -0.39 is 0 Å². The van der Waals surface area contributed by atoms with Crippen LogP contribution in [0.5, 0.6) is 0 Å². The van der Waals surface area contributed by atoms with E-state index in [9.17, 15) is 4.79 Å². The number of ether oxygens (including phenoxy) is 1. The third-order valence-electron chi connectivity index (χ3n) is 5.45. The van der Waals surface area contributed by atoms with Crippen LogP contribution in [0.3, 0.4) is 0 Å². The van der Waals surface area contributed by atoms with Crippen molar-refractivity contribution in [3.05, 3.63) is 35.4 Å². The Morgan fingerprint density at radius 2 is 1.78 bits per heavy atom. The maximum atomic E-state index is 13.1. The van der Waals surface area contributed by atoms with Gasteiger partial charge in [0.25, 0.3) is 5.91 Å². The second-order valence-electron chi connectivity index (χ2n) is 7.16. The molecule has 3 heteroatoms. The summed E-state index contributed by atoms with van der Waals surface area (Å²) in [5, 5.41) is 0. The predicted octanol–water partition coefficient (Wildman–Crippen LogP) is 4.41. The van der Waals surface area contributed by atoms with Crippen molar-refractivity contribution in [3.8, 4) is 0 Å². The molecule has 1 amide bonds. The van der Waals surface area contributed by atoms with Crippen LogP contribution in [0.1, 0.15) is 67.8 Å². The molecule has 2 aliphatic carbocycles. The minimum atomic E-state index is 0.227. The van der Waals surface area contributed by atoms with Gasteiger partial charge in [0.15, 0.2) is 0 Å². The molecule has 0 aromatic heterocycles. The lowest BCUT2D eigenvalue weighted by Gasteiger charge is -2.37. The van der Waals surface area contributed by atoms with Crippen molar-refractivity contribution in [1.29, 1.82) is 0 Å². The van der Waals surface area contributed by atoms with E-state index in [2.05, 4.69) is 11.8 Å². The number of rotatable bonds is 6. The Hall–Kier alpha value is -1.35. The summed E-state index contributed by atoms with van der Waals surface area (Å²) < 4.78 is 5.20. The quantitative estimate of drug-likeness (QED) is 0.778. The van der Waals surface area contributed by atoms with Crippen LogP contribution in [-0.4, -0.2) is 30.0 Å². The molecule has 3 rings (SSSR count). The molecule has 23 heavy (non-hydrogen) atoms. The van der Waals surface area contributed by atoms with Crippen LogP contribution in [0.15, 0.2) is 24.3 Å². The number of benzene rings is 1. The van der Waals surface area contributed by atoms with Crippen molar-refractivity contribution in [2.45, 2.75) is 70.6 Å². The lowest BCUT2D eigenvalue weighted by atomic mass is 9.83. The lowest BCUT2D eigenvalue weighted by Crippen LogP contribution is -2.43. The van der Waals surface area contributed by atoms with E-state index in [0.29, 0.717) is 18.7 Å². The van der Waals surface area contributed by atoms with Gasteiger partial charge >= 0.3 is 0 Å². The average Bonchev–Trinajstić information content (AvgIpc) is 3.41. The number of hydrogen-bond acceptors (Lipinski definition) is 2. The van der Waals surface area contributed by atoms with Crippen molar-refractivity contribution in [1.82, 2.24) is 4.90 Å². The number of nitrogens with zero attached hydrogens (tertiary/aromatic N) is 1. The highest BCUT2D eigenvalue weighted by molar-refractivity contribution is 5.95. The molecule has 1 aromatic rings. The highest BCUT2D eigenvalue weighted by atomic mass is 16.5. The summed E-state index contributed by atoms with van der Waals surface area (Å²) in [5.41, 5.74) is 1.90. The number of amides is 1. The molecule has 126 valence electrons. The van der Waals surface area contributed by atoms with Crippen LogP contribution in [0.2, 0.25) is 0 Å². The fourth-order valence-electron chi connectivity index (χ4n) is 3.92. The first-order chi connectivity index (χ1) is 11.2. The van der Waals surface area contributed by atoms with Gasteiger partial charge in [0.2, 0.25) is 0 Å². The molecule has 0 bridgehead atoms. The Morgan fingerprint density at radius 1 is 1.13 bits per heavy atom. The molecule has 0 spiro atoms. The van der Waals surface area contributed by atoms with Crippen LogP contribution in [0.4, 0.5) is 0 Å². The minimum absolute atomic E-state index is 0.227. The predicted molar refractivity (Wildman–Crippen MR) is 92.4 cm³/mol. The molecule has 0 heterocycles. The van der Waals surface area contributed by atoms with Gasteiger partial charge in [0.1, 0.15) is 0 Å². The summed E-state index contributed by atoms with van der Waals surface area (Å²) >= 11 is 0. The lowest BCUT2D eigenvalue weighted by molar-refractivity contribution is 0.0587. The molecular weight excluding hydrogens is 286 g/mol. The van der Waals surface area contributed by atoms with E-state index in [4.69, 9.17) is 4.74 Å². The molecule has 2 aliphatic rings. The standard InChI is InChI=1S/C20H29NO2/c1-3-15-7-9-18(10-8-15)21(19-11-12-19)20(22)17-6-4-5-16(13-17)14-23-2/h4-6,13,15,18-19H,3,7-12,14H2,1-2H3. The fraction of sp³-hybridized carbons (Fsp3) is 0.650. The van der Waals surface area contributed by atoms with Crippen LogP contribution in [0, 0.1) is 5.92 Å². The van der Waals surface area contributed by atoms with Gasteiger partial charge in [-0.3, -0.25) is 4.79 Å². The third kappa shape index (κ3) is 3.95. The number of methoxy groups -OCH3 is 1. The van der Waals surface area contributed by atoms with Gasteiger partial charge < -0.3 is 9.64 Å². The van der Waals surface area contributed by atoms with E-state index in [1.165, 1.54) is 44.9 Å². The van der Waals surface area contributed by atoms with E-state index >= 15 is 0 Å². The minimum Gasteiger partial charge on any atom is -0.380 e. The second kappa shape index (κ2) is 7.48. The second-order valence-corrected chi connectivity index (χ2v) is 7.16. The third-order valence-corrected chi connectivity index (χ3v) is 5.45. The number of carbonyl (C=O) groups excluding carboxylic acids is 1. The first-order valence-corrected chi connectivity index (χ1v) is 9.13. The van der Waals surface area contributed by atoms with Crippen molar-refractivity contribution >= 4 is 5.91 Å². The number of carbonyl (C=O) groups is 1. The first kappa shape index (κ1) is 16.5. The highest BCUT2D eigenvalue weighted by Gasteiger charge is 2.38. The molecule has 0 saturated heterocycles. The van der Waals surface area contributed by atoms with E-state index in [1.54, 1.807) is 7.11 Å². The maximum Gasteiger partial charge on any atom is 0.254 e. The molecule has 0 atom stereocenters. The molecule has 2 fully saturated rings. The Balaban J connectivity index is 1.73. The van der Waals surface area contributed by atoms with E-state index in [1.807, 2.05) is 24.3 Å². The Morgan fingerprint density at radius 3 is 2.35 bits per heavy atom.